The molecule has 0 fully saturated rings. The maximum atomic E-state index is 12.0. The van der Waals surface area contributed by atoms with Crippen LogP contribution in [0.1, 0.15) is 24.5 Å². The minimum atomic E-state index is -0.959. The lowest BCUT2D eigenvalue weighted by Crippen LogP contribution is -2.30. The Morgan fingerprint density at radius 3 is 2.80 bits per heavy atom. The van der Waals surface area contributed by atoms with Crippen LogP contribution in [0.2, 0.25) is 0 Å². The van der Waals surface area contributed by atoms with Gasteiger partial charge >= 0.3 is 5.97 Å². The van der Waals surface area contributed by atoms with Crippen LogP contribution in [0.25, 0.3) is 0 Å². The van der Waals surface area contributed by atoms with Crippen molar-refractivity contribution >= 4 is 28.2 Å². The number of hydrogen-bond donors (Lipinski definition) is 1. The quantitative estimate of drug-likeness (QED) is 0.768. The molecule has 1 aromatic carbocycles. The van der Waals surface area contributed by atoms with Crippen molar-refractivity contribution in [2.24, 2.45) is 0 Å². The van der Waals surface area contributed by atoms with Crippen LogP contribution in [-0.2, 0) is 14.3 Å². The summed E-state index contributed by atoms with van der Waals surface area (Å²) >= 11 is 1.24. The molecule has 2 aromatic rings. The number of benzene rings is 1. The molecule has 25 heavy (non-hydrogen) atoms. The first-order valence-electron chi connectivity index (χ1n) is 7.67. The Bertz CT molecular complexity index is 794. The number of thiophene rings is 1. The van der Waals surface area contributed by atoms with Crippen LogP contribution in [0.4, 0.5) is 5.00 Å². The summed E-state index contributed by atoms with van der Waals surface area (Å²) in [6, 6.07) is 11.1. The van der Waals surface area contributed by atoms with Gasteiger partial charge in [-0.2, -0.15) is 5.26 Å². The normalized spacial score (nSPS) is 11.2. The molecular weight excluding hydrogens is 340 g/mol. The second-order valence-corrected chi connectivity index (χ2v) is 6.18. The molecule has 0 spiro atoms. The van der Waals surface area contributed by atoms with Gasteiger partial charge in [0.15, 0.2) is 6.10 Å². The van der Waals surface area contributed by atoms with Crippen LogP contribution in [0.15, 0.2) is 35.7 Å². The Morgan fingerprint density at radius 2 is 2.08 bits per heavy atom. The lowest BCUT2D eigenvalue weighted by Gasteiger charge is -2.13. The van der Waals surface area contributed by atoms with Crippen LogP contribution in [0.3, 0.4) is 0 Å². The number of carbonyl (C=O) groups excluding carboxylic acids is 2. The Labute approximate surface area is 150 Å². The van der Waals surface area contributed by atoms with Crippen LogP contribution in [0.5, 0.6) is 5.75 Å². The van der Waals surface area contributed by atoms with Gasteiger partial charge in [0.2, 0.25) is 0 Å². The number of nitrogens with one attached hydrogen (secondary N) is 1. The highest BCUT2D eigenvalue weighted by Crippen LogP contribution is 2.22. The molecule has 1 N–H and O–H groups in total. The van der Waals surface area contributed by atoms with Crippen molar-refractivity contribution < 1.29 is 19.1 Å². The van der Waals surface area contributed by atoms with Gasteiger partial charge in [-0.25, -0.2) is 0 Å². The molecule has 6 nitrogen and oxygen atoms in total. The number of ether oxygens (including phenoxy) is 2. The van der Waals surface area contributed by atoms with Crippen molar-refractivity contribution in [3.05, 3.63) is 46.8 Å². The Balaban J connectivity index is 1.77. The molecule has 0 saturated heterocycles. The Hall–Kier alpha value is -2.85. The van der Waals surface area contributed by atoms with E-state index in [1.54, 1.807) is 11.4 Å². The van der Waals surface area contributed by atoms with Crippen molar-refractivity contribution in [3.63, 3.8) is 0 Å². The minimum Gasteiger partial charge on any atom is -0.493 e. The fourth-order valence-electron chi connectivity index (χ4n) is 1.98. The first-order valence-corrected chi connectivity index (χ1v) is 8.55. The first-order chi connectivity index (χ1) is 12.0. The molecule has 0 unspecified atom stereocenters. The van der Waals surface area contributed by atoms with Crippen molar-refractivity contribution in [3.8, 4) is 11.8 Å². The molecule has 1 atom stereocenters. The molecule has 0 bridgehead atoms. The molecule has 1 aromatic heterocycles. The van der Waals surface area contributed by atoms with E-state index in [-0.39, 0.29) is 13.0 Å². The van der Waals surface area contributed by atoms with Crippen LogP contribution >= 0.6 is 11.3 Å². The summed E-state index contributed by atoms with van der Waals surface area (Å²) in [5.74, 6) is -0.294. The van der Waals surface area contributed by atoms with Gasteiger partial charge in [0.25, 0.3) is 5.91 Å². The van der Waals surface area contributed by atoms with E-state index >= 15 is 0 Å². The third-order valence-corrected chi connectivity index (χ3v) is 4.19. The molecule has 130 valence electrons. The van der Waals surface area contributed by atoms with Crippen LogP contribution in [-0.4, -0.2) is 24.6 Å². The topological polar surface area (TPSA) is 88.4 Å². The Kier molecular flexibility index (Phi) is 6.54. The summed E-state index contributed by atoms with van der Waals surface area (Å²) in [6.45, 7) is 3.57. The van der Waals surface area contributed by atoms with Crippen molar-refractivity contribution in [1.29, 1.82) is 5.26 Å². The van der Waals surface area contributed by atoms with E-state index in [4.69, 9.17) is 14.7 Å². The highest BCUT2D eigenvalue weighted by atomic mass is 32.1. The van der Waals surface area contributed by atoms with Crippen molar-refractivity contribution in [2.45, 2.75) is 26.4 Å². The number of esters is 1. The zero-order valence-corrected chi connectivity index (χ0v) is 14.8. The summed E-state index contributed by atoms with van der Waals surface area (Å²) in [5.41, 5.74) is 1.36. The molecule has 0 aliphatic heterocycles. The van der Waals surface area contributed by atoms with Gasteiger partial charge < -0.3 is 14.8 Å². The number of rotatable bonds is 7. The van der Waals surface area contributed by atoms with Crippen LogP contribution in [0, 0.1) is 18.3 Å². The molecule has 1 heterocycles. The fourth-order valence-corrected chi connectivity index (χ4v) is 2.72. The summed E-state index contributed by atoms with van der Waals surface area (Å²) in [5, 5.41) is 13.7. The summed E-state index contributed by atoms with van der Waals surface area (Å²) in [6.07, 6.45) is -0.923. The predicted molar refractivity (Wildman–Crippen MR) is 94.5 cm³/mol. The summed E-state index contributed by atoms with van der Waals surface area (Å²) in [7, 11) is 0. The second-order valence-electron chi connectivity index (χ2n) is 5.26. The van der Waals surface area contributed by atoms with Gasteiger partial charge in [0.1, 0.15) is 16.8 Å². The molecule has 7 heteroatoms. The standard InChI is InChI=1S/C18H18N2O4S/c1-12-5-3-4-6-15(12)23-9-7-16(21)24-13(2)17(22)20-18-14(11-19)8-10-25-18/h3-6,8,10,13H,7,9H2,1-2H3,(H,20,22)/t13-/m1/s1. The average Bonchev–Trinajstić information content (AvgIpc) is 3.03. The minimum absolute atomic E-state index is 0.0361. The number of aryl methyl sites for hydroxylation is 1. The Morgan fingerprint density at radius 1 is 1.32 bits per heavy atom. The third-order valence-electron chi connectivity index (χ3n) is 3.36. The zero-order chi connectivity index (χ0) is 18.2. The highest BCUT2D eigenvalue weighted by molar-refractivity contribution is 7.14. The lowest BCUT2D eigenvalue weighted by molar-refractivity contribution is -0.153. The average molecular weight is 358 g/mol. The number of para-hydroxylation sites is 1. The van der Waals surface area contributed by atoms with E-state index in [2.05, 4.69) is 5.32 Å². The highest BCUT2D eigenvalue weighted by Gasteiger charge is 2.19. The first kappa shape index (κ1) is 18.5. The molecular formula is C18H18N2O4S. The molecule has 2 rings (SSSR count). The van der Waals surface area contributed by atoms with Crippen LogP contribution < -0.4 is 10.1 Å². The third kappa shape index (κ3) is 5.33. The maximum Gasteiger partial charge on any atom is 0.310 e. The number of nitrogens with zero attached hydrogens (tertiary/aromatic N) is 1. The van der Waals surface area contributed by atoms with E-state index in [0.29, 0.717) is 16.3 Å². The number of carbonyl (C=O) groups is 2. The largest absolute Gasteiger partial charge is 0.493 e. The van der Waals surface area contributed by atoms with E-state index in [1.807, 2.05) is 37.3 Å². The van der Waals surface area contributed by atoms with E-state index in [1.165, 1.54) is 18.3 Å². The molecule has 0 saturated carbocycles. The number of hydrogen-bond acceptors (Lipinski definition) is 6. The lowest BCUT2D eigenvalue weighted by atomic mass is 10.2. The van der Waals surface area contributed by atoms with Crippen molar-refractivity contribution in [2.75, 3.05) is 11.9 Å². The molecule has 0 aliphatic rings. The van der Waals surface area contributed by atoms with Crippen molar-refractivity contribution in [1.82, 2.24) is 0 Å². The fraction of sp³-hybridized carbons (Fsp3) is 0.278. The molecule has 1 amide bonds. The van der Waals surface area contributed by atoms with Gasteiger partial charge in [-0.05, 0) is 36.9 Å². The SMILES string of the molecule is Cc1ccccc1OCCC(=O)O[C@H](C)C(=O)Nc1sccc1C#N. The molecule has 0 radical (unpaired) electrons. The monoisotopic (exact) mass is 358 g/mol. The maximum absolute atomic E-state index is 12.0. The van der Waals surface area contributed by atoms with Gasteiger partial charge in [-0.3, -0.25) is 9.59 Å². The zero-order valence-electron chi connectivity index (χ0n) is 13.9. The van der Waals surface area contributed by atoms with E-state index in [9.17, 15) is 9.59 Å². The van der Waals surface area contributed by atoms with Gasteiger partial charge in [0.05, 0.1) is 18.6 Å². The number of anilines is 1. The predicted octanol–water partition coefficient (Wildman–Crippen LogP) is 3.27. The second kappa shape index (κ2) is 8.85. The smallest absolute Gasteiger partial charge is 0.310 e. The number of amides is 1. The summed E-state index contributed by atoms with van der Waals surface area (Å²) < 4.78 is 10.6. The van der Waals surface area contributed by atoms with Gasteiger partial charge in [-0.15, -0.1) is 11.3 Å². The van der Waals surface area contributed by atoms with Gasteiger partial charge in [-0.1, -0.05) is 18.2 Å². The van der Waals surface area contributed by atoms with Gasteiger partial charge in [0, 0.05) is 0 Å². The van der Waals surface area contributed by atoms with E-state index < -0.39 is 18.0 Å². The van der Waals surface area contributed by atoms with E-state index in [0.717, 1.165) is 5.56 Å². The number of nitriles is 1. The summed E-state index contributed by atoms with van der Waals surface area (Å²) in [4.78, 5) is 23.9. The molecule has 0 aliphatic carbocycles.